The van der Waals surface area contributed by atoms with Gasteiger partial charge >= 0.3 is 0 Å². The van der Waals surface area contributed by atoms with Crippen LogP contribution in [0.15, 0.2) is 74.5 Å². The van der Waals surface area contributed by atoms with Gasteiger partial charge in [0.2, 0.25) is 11.7 Å². The van der Waals surface area contributed by atoms with Gasteiger partial charge in [0.25, 0.3) is 5.56 Å². The first kappa shape index (κ1) is 20.5. The van der Waals surface area contributed by atoms with Crippen molar-refractivity contribution in [3.05, 3.63) is 81.8 Å². The van der Waals surface area contributed by atoms with Gasteiger partial charge < -0.3 is 9.26 Å². The summed E-state index contributed by atoms with van der Waals surface area (Å²) in [5.74, 6) is 2.10. The number of ether oxygens (including phenoxy) is 1. The largest absolute Gasteiger partial charge is 0.497 e. The number of hydrogen-bond acceptors (Lipinski definition) is 8. The lowest BCUT2D eigenvalue weighted by atomic mass is 10.2. The van der Waals surface area contributed by atoms with Crippen molar-refractivity contribution in [1.82, 2.24) is 19.7 Å². The lowest BCUT2D eigenvalue weighted by Crippen LogP contribution is -2.20. The molecule has 0 amide bonds. The zero-order chi connectivity index (χ0) is 22.1. The maximum Gasteiger partial charge on any atom is 0.276 e. The molecule has 0 radical (unpaired) electrons. The number of rotatable bonds is 6. The molecule has 0 saturated carbocycles. The van der Waals surface area contributed by atoms with E-state index in [0.717, 1.165) is 22.6 Å². The molecule has 3 aromatic heterocycles. The Kier molecular flexibility index (Phi) is 5.50. The van der Waals surface area contributed by atoms with E-state index in [2.05, 4.69) is 10.1 Å². The average molecular weight is 463 g/mol. The Morgan fingerprint density at radius 3 is 2.59 bits per heavy atom. The zero-order valence-corrected chi connectivity index (χ0v) is 18.9. The zero-order valence-electron chi connectivity index (χ0n) is 17.3. The third-order valence-electron chi connectivity index (χ3n) is 4.88. The molecular formula is C23H18N4O3S2. The van der Waals surface area contributed by atoms with Gasteiger partial charge in [0, 0.05) is 5.56 Å². The van der Waals surface area contributed by atoms with E-state index in [0.29, 0.717) is 32.8 Å². The molecule has 5 rings (SSSR count). The molecule has 0 spiro atoms. The fraction of sp³-hybridized carbons (Fsp3) is 0.130. The molecule has 0 aliphatic rings. The van der Waals surface area contributed by atoms with Crippen molar-refractivity contribution in [2.45, 2.75) is 17.8 Å². The Balaban J connectivity index is 1.45. The van der Waals surface area contributed by atoms with Gasteiger partial charge in [0.1, 0.15) is 10.4 Å². The van der Waals surface area contributed by atoms with Crippen LogP contribution in [0, 0.1) is 6.92 Å². The molecule has 0 unspecified atom stereocenters. The van der Waals surface area contributed by atoms with Crippen molar-refractivity contribution in [3.8, 4) is 22.8 Å². The highest BCUT2D eigenvalue weighted by Gasteiger charge is 2.16. The van der Waals surface area contributed by atoms with Crippen molar-refractivity contribution in [1.29, 1.82) is 0 Å². The highest BCUT2D eigenvalue weighted by molar-refractivity contribution is 7.98. The van der Waals surface area contributed by atoms with E-state index in [1.54, 1.807) is 11.7 Å². The van der Waals surface area contributed by atoms with Gasteiger partial charge in [-0.3, -0.25) is 9.36 Å². The molecule has 9 heteroatoms. The number of aromatic nitrogens is 4. The van der Waals surface area contributed by atoms with E-state index >= 15 is 0 Å². The second kappa shape index (κ2) is 8.60. The van der Waals surface area contributed by atoms with E-state index in [1.807, 2.05) is 66.9 Å². The van der Waals surface area contributed by atoms with Gasteiger partial charge in [0.15, 0.2) is 5.16 Å². The minimum atomic E-state index is -0.0826. The summed E-state index contributed by atoms with van der Waals surface area (Å²) in [5.41, 5.74) is 3.34. The molecule has 160 valence electrons. The highest BCUT2D eigenvalue weighted by atomic mass is 32.2. The number of nitrogens with zero attached hydrogens (tertiary/aromatic N) is 4. The van der Waals surface area contributed by atoms with Crippen molar-refractivity contribution in [3.63, 3.8) is 0 Å². The summed E-state index contributed by atoms with van der Waals surface area (Å²) in [6.07, 6.45) is 0. The molecule has 0 aliphatic carbocycles. The fourth-order valence-corrected chi connectivity index (χ4v) is 4.82. The van der Waals surface area contributed by atoms with Crippen LogP contribution in [0.3, 0.4) is 0 Å². The van der Waals surface area contributed by atoms with Gasteiger partial charge in [-0.05, 0) is 54.8 Å². The van der Waals surface area contributed by atoms with Crippen LogP contribution in [-0.4, -0.2) is 26.8 Å². The fourth-order valence-electron chi connectivity index (χ4n) is 3.21. The Bertz CT molecular complexity index is 1440. The van der Waals surface area contributed by atoms with Crippen LogP contribution in [0.25, 0.3) is 27.3 Å². The van der Waals surface area contributed by atoms with Crippen LogP contribution >= 0.6 is 23.1 Å². The van der Waals surface area contributed by atoms with Gasteiger partial charge in [-0.1, -0.05) is 34.6 Å². The summed E-state index contributed by atoms with van der Waals surface area (Å²) in [6, 6.07) is 17.1. The SMILES string of the molecule is COc1ccc(-c2noc(CSc3nc4ccsc4c(=O)n3-c3ccc(C)cc3)n2)cc1. The average Bonchev–Trinajstić information content (AvgIpc) is 3.49. The standard InChI is InChI=1S/C23H18N4O3S2/c1-14-3-7-16(8-4-14)27-22(28)20-18(11-12-31-20)24-23(27)32-13-19-25-21(26-30-19)15-5-9-17(29-2)10-6-15/h3-12H,13H2,1-2H3. The Morgan fingerprint density at radius 1 is 1.06 bits per heavy atom. The van der Waals surface area contributed by atoms with Crippen LogP contribution in [0.5, 0.6) is 5.75 Å². The smallest absolute Gasteiger partial charge is 0.276 e. The molecule has 0 saturated heterocycles. The van der Waals surface area contributed by atoms with Crippen molar-refractivity contribution < 1.29 is 9.26 Å². The van der Waals surface area contributed by atoms with E-state index < -0.39 is 0 Å². The van der Waals surface area contributed by atoms with Crippen molar-refractivity contribution in [2.75, 3.05) is 7.11 Å². The van der Waals surface area contributed by atoms with Crippen molar-refractivity contribution in [2.24, 2.45) is 0 Å². The van der Waals surface area contributed by atoms with E-state index in [-0.39, 0.29) is 5.56 Å². The van der Waals surface area contributed by atoms with Crippen LogP contribution in [0.1, 0.15) is 11.5 Å². The maximum atomic E-state index is 13.2. The van der Waals surface area contributed by atoms with E-state index in [1.165, 1.54) is 23.1 Å². The van der Waals surface area contributed by atoms with Crippen LogP contribution in [0.4, 0.5) is 0 Å². The normalized spacial score (nSPS) is 11.2. The minimum Gasteiger partial charge on any atom is -0.497 e. The summed E-state index contributed by atoms with van der Waals surface area (Å²) < 4.78 is 12.9. The maximum absolute atomic E-state index is 13.2. The molecular weight excluding hydrogens is 444 g/mol. The summed E-state index contributed by atoms with van der Waals surface area (Å²) in [6.45, 7) is 2.01. The predicted molar refractivity (Wildman–Crippen MR) is 126 cm³/mol. The van der Waals surface area contributed by atoms with Crippen molar-refractivity contribution >= 4 is 33.3 Å². The Labute approximate surface area is 191 Å². The number of thioether (sulfide) groups is 1. The molecule has 0 bridgehead atoms. The second-order valence-corrected chi connectivity index (χ2v) is 8.89. The van der Waals surface area contributed by atoms with Crippen LogP contribution in [0.2, 0.25) is 0 Å². The number of hydrogen-bond donors (Lipinski definition) is 0. The second-order valence-electron chi connectivity index (χ2n) is 7.03. The number of thiophene rings is 1. The van der Waals surface area contributed by atoms with Gasteiger partial charge in [-0.2, -0.15) is 4.98 Å². The molecule has 5 aromatic rings. The van der Waals surface area contributed by atoms with Gasteiger partial charge in [0.05, 0.1) is 24.1 Å². The van der Waals surface area contributed by atoms with E-state index in [4.69, 9.17) is 14.2 Å². The van der Waals surface area contributed by atoms with Crippen LogP contribution in [-0.2, 0) is 5.75 Å². The molecule has 3 heterocycles. The first-order chi connectivity index (χ1) is 15.6. The molecule has 0 aliphatic heterocycles. The molecule has 7 nitrogen and oxygen atoms in total. The summed E-state index contributed by atoms with van der Waals surface area (Å²) in [5, 5.41) is 6.54. The summed E-state index contributed by atoms with van der Waals surface area (Å²) in [4.78, 5) is 22.4. The molecule has 0 fully saturated rings. The number of fused-ring (bicyclic) bond motifs is 1. The molecule has 0 N–H and O–H groups in total. The van der Waals surface area contributed by atoms with E-state index in [9.17, 15) is 4.79 Å². The number of aryl methyl sites for hydroxylation is 1. The topological polar surface area (TPSA) is 83.0 Å². The predicted octanol–water partition coefficient (Wildman–Crippen LogP) is 5.11. The first-order valence-corrected chi connectivity index (χ1v) is 11.7. The summed E-state index contributed by atoms with van der Waals surface area (Å²) in [7, 11) is 1.62. The lowest BCUT2D eigenvalue weighted by Gasteiger charge is -2.11. The third-order valence-corrected chi connectivity index (χ3v) is 6.70. The summed E-state index contributed by atoms with van der Waals surface area (Å²) >= 11 is 2.78. The molecule has 32 heavy (non-hydrogen) atoms. The number of benzene rings is 2. The van der Waals surface area contributed by atoms with Crippen LogP contribution < -0.4 is 10.3 Å². The van der Waals surface area contributed by atoms with Gasteiger partial charge in [-0.25, -0.2) is 4.98 Å². The van der Waals surface area contributed by atoms with Gasteiger partial charge in [-0.15, -0.1) is 11.3 Å². The first-order valence-electron chi connectivity index (χ1n) is 9.79. The quantitative estimate of drug-likeness (QED) is 0.256. The highest BCUT2D eigenvalue weighted by Crippen LogP contribution is 2.27. The lowest BCUT2D eigenvalue weighted by molar-refractivity contribution is 0.391. The Hall–Kier alpha value is -3.43. The number of methoxy groups -OCH3 is 1. The third kappa shape index (κ3) is 3.92. The monoisotopic (exact) mass is 462 g/mol. The molecule has 0 atom stereocenters. The molecule has 2 aromatic carbocycles. The minimum absolute atomic E-state index is 0.0826. The Morgan fingerprint density at radius 2 is 1.84 bits per heavy atom.